The maximum Gasteiger partial charge on any atom is 0.0630 e. The summed E-state index contributed by atoms with van der Waals surface area (Å²) < 4.78 is 5.33. The van der Waals surface area contributed by atoms with Gasteiger partial charge in [0.25, 0.3) is 0 Å². The molecule has 0 amide bonds. The smallest absolute Gasteiger partial charge is 0.0630 e. The van der Waals surface area contributed by atoms with Crippen LogP contribution in [0.4, 0.5) is 0 Å². The summed E-state index contributed by atoms with van der Waals surface area (Å²) in [5.74, 6) is 0. The number of rotatable bonds is 5. The Morgan fingerprint density at radius 3 is 2.81 bits per heavy atom. The third kappa shape index (κ3) is 4.01. The lowest BCUT2D eigenvalue weighted by Crippen LogP contribution is -2.50. The van der Waals surface area contributed by atoms with E-state index < -0.39 is 0 Å². The normalized spacial score (nSPS) is 26.6. The van der Waals surface area contributed by atoms with Crippen molar-refractivity contribution < 1.29 is 4.74 Å². The van der Waals surface area contributed by atoms with E-state index in [9.17, 15) is 0 Å². The highest BCUT2D eigenvalue weighted by Crippen LogP contribution is 2.12. The second kappa shape index (κ2) is 7.22. The molecular formula is C12H27N3O. The van der Waals surface area contributed by atoms with Gasteiger partial charge in [-0.25, -0.2) is 0 Å². The molecule has 1 aliphatic heterocycles. The van der Waals surface area contributed by atoms with Gasteiger partial charge in [-0.1, -0.05) is 0 Å². The first kappa shape index (κ1) is 13.9. The summed E-state index contributed by atoms with van der Waals surface area (Å²) in [6, 6.07) is 1.11. The zero-order chi connectivity index (χ0) is 12.0. The zero-order valence-corrected chi connectivity index (χ0v) is 11.2. The molecule has 2 unspecified atom stereocenters. The molecule has 0 aromatic carbocycles. The Morgan fingerprint density at radius 1 is 1.44 bits per heavy atom. The average Bonchev–Trinajstić information content (AvgIpc) is 2.39. The van der Waals surface area contributed by atoms with Crippen LogP contribution in [-0.4, -0.2) is 75.9 Å². The second-order valence-corrected chi connectivity index (χ2v) is 4.87. The fourth-order valence-corrected chi connectivity index (χ4v) is 2.63. The van der Waals surface area contributed by atoms with Gasteiger partial charge in [0.05, 0.1) is 6.61 Å². The lowest BCUT2D eigenvalue weighted by atomic mass is 10.2. The number of methoxy groups -OCH3 is 1. The van der Waals surface area contributed by atoms with Crippen molar-refractivity contribution in [2.45, 2.75) is 25.4 Å². The molecule has 16 heavy (non-hydrogen) atoms. The van der Waals surface area contributed by atoms with Gasteiger partial charge in [-0.2, -0.15) is 0 Å². The first-order valence-electron chi connectivity index (χ1n) is 6.26. The van der Waals surface area contributed by atoms with E-state index in [2.05, 4.69) is 29.1 Å². The van der Waals surface area contributed by atoms with Crippen molar-refractivity contribution in [2.75, 3.05) is 54.0 Å². The molecule has 0 saturated carbocycles. The van der Waals surface area contributed by atoms with E-state index in [1.807, 2.05) is 7.05 Å². The summed E-state index contributed by atoms with van der Waals surface area (Å²) in [5, 5.41) is 3.27. The van der Waals surface area contributed by atoms with Crippen LogP contribution in [0.5, 0.6) is 0 Å². The Hall–Kier alpha value is -0.160. The van der Waals surface area contributed by atoms with E-state index in [1.165, 1.54) is 19.5 Å². The SMILES string of the molecule is CNCC(COC)N1CCCN(C)CC1C. The molecule has 0 radical (unpaired) electrons. The first-order valence-corrected chi connectivity index (χ1v) is 6.26. The van der Waals surface area contributed by atoms with Gasteiger partial charge in [0.15, 0.2) is 0 Å². The van der Waals surface area contributed by atoms with Crippen LogP contribution in [0.1, 0.15) is 13.3 Å². The van der Waals surface area contributed by atoms with Gasteiger partial charge >= 0.3 is 0 Å². The van der Waals surface area contributed by atoms with Gasteiger partial charge < -0.3 is 15.0 Å². The lowest BCUT2D eigenvalue weighted by Gasteiger charge is -2.35. The Labute approximate surface area is 99.9 Å². The Bertz CT molecular complexity index is 183. The van der Waals surface area contributed by atoms with Crippen molar-refractivity contribution in [3.63, 3.8) is 0 Å². The topological polar surface area (TPSA) is 27.7 Å². The van der Waals surface area contributed by atoms with Crippen LogP contribution in [-0.2, 0) is 4.74 Å². The summed E-state index contributed by atoms with van der Waals surface area (Å²) >= 11 is 0. The molecule has 96 valence electrons. The molecule has 1 aliphatic rings. The minimum Gasteiger partial charge on any atom is -0.383 e. The highest BCUT2D eigenvalue weighted by molar-refractivity contribution is 4.82. The molecule has 1 fully saturated rings. The van der Waals surface area contributed by atoms with Gasteiger partial charge in [-0.15, -0.1) is 0 Å². The van der Waals surface area contributed by atoms with E-state index in [1.54, 1.807) is 7.11 Å². The Morgan fingerprint density at radius 2 is 2.19 bits per heavy atom. The number of hydrogen-bond donors (Lipinski definition) is 1. The summed E-state index contributed by atoms with van der Waals surface area (Å²) in [5.41, 5.74) is 0. The van der Waals surface area contributed by atoms with Crippen molar-refractivity contribution in [2.24, 2.45) is 0 Å². The number of ether oxygens (including phenoxy) is 1. The van der Waals surface area contributed by atoms with Crippen LogP contribution < -0.4 is 5.32 Å². The number of nitrogens with zero attached hydrogens (tertiary/aromatic N) is 2. The van der Waals surface area contributed by atoms with E-state index >= 15 is 0 Å². The number of hydrogen-bond acceptors (Lipinski definition) is 4. The molecular weight excluding hydrogens is 202 g/mol. The molecule has 2 atom stereocenters. The van der Waals surface area contributed by atoms with Gasteiger partial charge in [0, 0.05) is 38.8 Å². The Balaban J connectivity index is 2.58. The lowest BCUT2D eigenvalue weighted by molar-refractivity contribution is 0.0671. The zero-order valence-electron chi connectivity index (χ0n) is 11.2. The minimum atomic E-state index is 0.497. The summed E-state index contributed by atoms with van der Waals surface area (Å²) in [4.78, 5) is 5.01. The van der Waals surface area contributed by atoms with Crippen molar-refractivity contribution in [1.29, 1.82) is 0 Å². The molecule has 1 N–H and O–H groups in total. The molecule has 0 aromatic heterocycles. The van der Waals surface area contributed by atoms with E-state index in [4.69, 9.17) is 4.74 Å². The van der Waals surface area contributed by atoms with Gasteiger partial charge in [0.2, 0.25) is 0 Å². The average molecular weight is 229 g/mol. The largest absolute Gasteiger partial charge is 0.383 e. The van der Waals surface area contributed by atoms with Crippen LogP contribution in [0.3, 0.4) is 0 Å². The van der Waals surface area contributed by atoms with Crippen LogP contribution in [0.15, 0.2) is 0 Å². The molecule has 0 spiro atoms. The fourth-order valence-electron chi connectivity index (χ4n) is 2.63. The third-order valence-corrected chi connectivity index (χ3v) is 3.37. The van der Waals surface area contributed by atoms with Gasteiger partial charge in [0.1, 0.15) is 0 Å². The summed E-state index contributed by atoms with van der Waals surface area (Å²) in [6.07, 6.45) is 1.25. The molecule has 1 saturated heterocycles. The van der Waals surface area contributed by atoms with Gasteiger partial charge in [-0.3, -0.25) is 4.90 Å². The first-order chi connectivity index (χ1) is 7.69. The Kier molecular flexibility index (Phi) is 6.28. The molecule has 1 rings (SSSR count). The standard InChI is InChI=1S/C12H27N3O/c1-11-9-14(3)6-5-7-15(11)12(8-13-2)10-16-4/h11-13H,5-10H2,1-4H3. The third-order valence-electron chi connectivity index (χ3n) is 3.37. The van der Waals surface area contributed by atoms with Crippen molar-refractivity contribution in [1.82, 2.24) is 15.1 Å². The van der Waals surface area contributed by atoms with Crippen LogP contribution in [0, 0.1) is 0 Å². The minimum absolute atomic E-state index is 0.497. The quantitative estimate of drug-likeness (QED) is 0.731. The summed E-state index contributed by atoms with van der Waals surface area (Å²) in [6.45, 7) is 7.68. The molecule has 0 bridgehead atoms. The predicted molar refractivity (Wildman–Crippen MR) is 67.9 cm³/mol. The van der Waals surface area contributed by atoms with Crippen LogP contribution in [0.2, 0.25) is 0 Å². The van der Waals surface area contributed by atoms with Gasteiger partial charge in [-0.05, 0) is 34.0 Å². The monoisotopic (exact) mass is 229 g/mol. The van der Waals surface area contributed by atoms with Crippen molar-refractivity contribution in [3.05, 3.63) is 0 Å². The maximum atomic E-state index is 5.33. The second-order valence-electron chi connectivity index (χ2n) is 4.87. The number of nitrogens with one attached hydrogen (secondary N) is 1. The molecule has 0 aliphatic carbocycles. The molecule has 4 heteroatoms. The van der Waals surface area contributed by atoms with Crippen LogP contribution in [0.25, 0.3) is 0 Å². The molecule has 1 heterocycles. The maximum absolute atomic E-state index is 5.33. The van der Waals surface area contributed by atoms with E-state index in [0.29, 0.717) is 12.1 Å². The highest BCUT2D eigenvalue weighted by Gasteiger charge is 2.25. The van der Waals surface area contributed by atoms with E-state index in [0.717, 1.165) is 19.7 Å². The predicted octanol–water partition coefficient (Wildman–Crippen LogP) is 0.247. The fraction of sp³-hybridized carbons (Fsp3) is 1.00. The van der Waals surface area contributed by atoms with E-state index in [-0.39, 0.29) is 0 Å². The van der Waals surface area contributed by atoms with Crippen molar-refractivity contribution in [3.8, 4) is 0 Å². The molecule has 4 nitrogen and oxygen atoms in total. The molecule has 0 aromatic rings. The highest BCUT2D eigenvalue weighted by atomic mass is 16.5. The number of likely N-dealkylation sites (N-methyl/N-ethyl adjacent to an activating group) is 2. The summed E-state index contributed by atoms with van der Waals surface area (Å²) in [7, 11) is 6.01. The van der Waals surface area contributed by atoms with Crippen molar-refractivity contribution >= 4 is 0 Å². The van der Waals surface area contributed by atoms with Crippen LogP contribution >= 0.6 is 0 Å².